The number of hydrogen-bond donors (Lipinski definition) is 1. The molecule has 1 N–H and O–H groups in total. The Hall–Kier alpha value is -0.280. The van der Waals surface area contributed by atoms with Crippen LogP contribution in [0.1, 0.15) is 46.1 Å². The standard InChI is InChI=1S/C17H26Cl2N2/c1-5-16(3)12-21(17(4,6-2)11-20-16)10-13-7-8-14(18)9-15(13)19/h7-9,20H,5-6,10-12H2,1-4H3. The summed E-state index contributed by atoms with van der Waals surface area (Å²) in [7, 11) is 0. The van der Waals surface area contributed by atoms with Crippen molar-refractivity contribution in [2.45, 2.75) is 58.2 Å². The summed E-state index contributed by atoms with van der Waals surface area (Å²) in [6.07, 6.45) is 2.24. The zero-order valence-corrected chi connectivity index (χ0v) is 15.0. The minimum atomic E-state index is 0.164. The highest BCUT2D eigenvalue weighted by Gasteiger charge is 2.40. The van der Waals surface area contributed by atoms with Crippen LogP contribution in [-0.2, 0) is 6.54 Å². The fraction of sp³-hybridized carbons (Fsp3) is 0.647. The summed E-state index contributed by atoms with van der Waals surface area (Å²) in [6, 6.07) is 5.81. The average Bonchev–Trinajstić information content (AvgIpc) is 2.46. The number of benzene rings is 1. The second kappa shape index (κ2) is 6.45. The molecule has 0 bridgehead atoms. The van der Waals surface area contributed by atoms with Gasteiger partial charge in [0.05, 0.1) is 0 Å². The maximum Gasteiger partial charge on any atom is 0.0465 e. The number of piperazine rings is 1. The van der Waals surface area contributed by atoms with Crippen molar-refractivity contribution in [1.29, 1.82) is 0 Å². The molecule has 1 aromatic carbocycles. The Morgan fingerprint density at radius 2 is 1.90 bits per heavy atom. The molecule has 0 aromatic heterocycles. The van der Waals surface area contributed by atoms with Crippen molar-refractivity contribution in [3.05, 3.63) is 33.8 Å². The fourth-order valence-electron chi connectivity index (χ4n) is 2.87. The molecule has 2 unspecified atom stereocenters. The van der Waals surface area contributed by atoms with Crippen LogP contribution < -0.4 is 5.32 Å². The van der Waals surface area contributed by atoms with Gasteiger partial charge in [0, 0.05) is 40.8 Å². The monoisotopic (exact) mass is 328 g/mol. The van der Waals surface area contributed by atoms with Crippen molar-refractivity contribution < 1.29 is 0 Å². The molecule has 0 saturated carbocycles. The van der Waals surface area contributed by atoms with Gasteiger partial charge in [0.15, 0.2) is 0 Å². The lowest BCUT2D eigenvalue weighted by molar-refractivity contribution is 0.0105. The lowest BCUT2D eigenvalue weighted by Crippen LogP contribution is -2.67. The molecule has 2 nitrogen and oxygen atoms in total. The third kappa shape index (κ3) is 3.73. The molecule has 1 aliphatic rings. The van der Waals surface area contributed by atoms with Crippen molar-refractivity contribution in [3.63, 3.8) is 0 Å². The van der Waals surface area contributed by atoms with Gasteiger partial charge in [-0.15, -0.1) is 0 Å². The molecule has 118 valence electrons. The van der Waals surface area contributed by atoms with Crippen LogP contribution in [0.15, 0.2) is 18.2 Å². The first-order valence-corrected chi connectivity index (χ1v) is 8.51. The Bertz CT molecular complexity index is 506. The topological polar surface area (TPSA) is 15.3 Å². The predicted molar refractivity (Wildman–Crippen MR) is 92.3 cm³/mol. The molecule has 1 aliphatic heterocycles. The van der Waals surface area contributed by atoms with E-state index in [-0.39, 0.29) is 11.1 Å². The van der Waals surface area contributed by atoms with E-state index >= 15 is 0 Å². The number of nitrogens with one attached hydrogen (secondary N) is 1. The molecule has 0 spiro atoms. The Labute approximate surface area is 138 Å². The van der Waals surface area contributed by atoms with Crippen molar-refractivity contribution in [2.75, 3.05) is 13.1 Å². The van der Waals surface area contributed by atoms with Gasteiger partial charge in [-0.25, -0.2) is 0 Å². The molecule has 1 saturated heterocycles. The third-order valence-electron chi connectivity index (χ3n) is 5.12. The molecule has 1 aromatic rings. The summed E-state index contributed by atoms with van der Waals surface area (Å²) >= 11 is 12.4. The zero-order valence-electron chi connectivity index (χ0n) is 13.5. The number of halogens is 2. The highest BCUT2D eigenvalue weighted by Crippen LogP contribution is 2.31. The van der Waals surface area contributed by atoms with E-state index in [0.29, 0.717) is 5.02 Å². The zero-order chi connectivity index (χ0) is 15.7. The number of rotatable bonds is 4. The van der Waals surface area contributed by atoms with Crippen LogP contribution >= 0.6 is 23.2 Å². The maximum absolute atomic E-state index is 6.36. The Balaban J connectivity index is 2.24. The Morgan fingerprint density at radius 1 is 1.19 bits per heavy atom. The highest BCUT2D eigenvalue weighted by molar-refractivity contribution is 6.35. The van der Waals surface area contributed by atoms with Gasteiger partial charge < -0.3 is 5.32 Å². The normalized spacial score (nSPS) is 30.6. The van der Waals surface area contributed by atoms with E-state index in [0.717, 1.165) is 43.1 Å². The Morgan fingerprint density at radius 3 is 2.48 bits per heavy atom. The van der Waals surface area contributed by atoms with E-state index in [1.165, 1.54) is 0 Å². The largest absolute Gasteiger partial charge is 0.308 e. The van der Waals surface area contributed by atoms with E-state index < -0.39 is 0 Å². The van der Waals surface area contributed by atoms with E-state index in [1.54, 1.807) is 0 Å². The second-order valence-corrected chi connectivity index (χ2v) is 7.55. The predicted octanol–water partition coefficient (Wildman–Crippen LogP) is 4.74. The van der Waals surface area contributed by atoms with Gasteiger partial charge in [0.1, 0.15) is 0 Å². The molecule has 0 aliphatic carbocycles. The molecule has 4 heteroatoms. The van der Waals surface area contributed by atoms with Crippen molar-refractivity contribution in [2.24, 2.45) is 0 Å². The molecule has 0 radical (unpaired) electrons. The van der Waals surface area contributed by atoms with E-state index in [1.807, 2.05) is 18.2 Å². The van der Waals surface area contributed by atoms with E-state index in [2.05, 4.69) is 37.9 Å². The van der Waals surface area contributed by atoms with Crippen LogP contribution in [0.2, 0.25) is 10.0 Å². The molecule has 2 atom stereocenters. The minimum Gasteiger partial charge on any atom is -0.308 e. The van der Waals surface area contributed by atoms with Crippen LogP contribution in [0.4, 0.5) is 0 Å². The molecular weight excluding hydrogens is 303 g/mol. The fourth-order valence-corrected chi connectivity index (χ4v) is 3.34. The first-order valence-electron chi connectivity index (χ1n) is 7.76. The summed E-state index contributed by atoms with van der Waals surface area (Å²) in [5.74, 6) is 0. The molecule has 1 heterocycles. The molecule has 1 fully saturated rings. The van der Waals surface area contributed by atoms with E-state index in [9.17, 15) is 0 Å². The third-order valence-corrected chi connectivity index (χ3v) is 5.70. The van der Waals surface area contributed by atoms with Crippen molar-refractivity contribution >= 4 is 23.2 Å². The lowest BCUT2D eigenvalue weighted by Gasteiger charge is -2.52. The number of nitrogens with zero attached hydrogens (tertiary/aromatic N) is 1. The van der Waals surface area contributed by atoms with Crippen LogP contribution in [0.25, 0.3) is 0 Å². The number of hydrogen-bond acceptors (Lipinski definition) is 2. The van der Waals surface area contributed by atoms with Crippen molar-refractivity contribution in [3.8, 4) is 0 Å². The van der Waals surface area contributed by atoms with Gasteiger partial charge in [-0.3, -0.25) is 4.90 Å². The van der Waals surface area contributed by atoms with Gasteiger partial charge in [0.25, 0.3) is 0 Å². The quantitative estimate of drug-likeness (QED) is 0.859. The highest BCUT2D eigenvalue weighted by atomic mass is 35.5. The van der Waals surface area contributed by atoms with Crippen LogP contribution in [-0.4, -0.2) is 29.1 Å². The van der Waals surface area contributed by atoms with Crippen LogP contribution in [0.3, 0.4) is 0 Å². The van der Waals surface area contributed by atoms with Gasteiger partial charge in [0.2, 0.25) is 0 Å². The molecule has 0 amide bonds. The Kier molecular flexibility index (Phi) is 5.25. The molecule has 2 rings (SSSR count). The van der Waals surface area contributed by atoms with Gasteiger partial charge in [-0.05, 0) is 44.4 Å². The maximum atomic E-state index is 6.36. The summed E-state index contributed by atoms with van der Waals surface area (Å²) in [5.41, 5.74) is 1.49. The first-order chi connectivity index (χ1) is 9.82. The minimum absolute atomic E-state index is 0.164. The lowest BCUT2D eigenvalue weighted by atomic mass is 9.85. The van der Waals surface area contributed by atoms with Crippen LogP contribution in [0.5, 0.6) is 0 Å². The molecular formula is C17H26Cl2N2. The first kappa shape index (κ1) is 17.1. The molecule has 21 heavy (non-hydrogen) atoms. The van der Waals surface area contributed by atoms with Gasteiger partial charge in [-0.2, -0.15) is 0 Å². The average molecular weight is 329 g/mol. The van der Waals surface area contributed by atoms with Crippen LogP contribution in [0, 0.1) is 0 Å². The van der Waals surface area contributed by atoms with E-state index in [4.69, 9.17) is 23.2 Å². The summed E-state index contributed by atoms with van der Waals surface area (Å²) < 4.78 is 0. The van der Waals surface area contributed by atoms with Crippen molar-refractivity contribution in [1.82, 2.24) is 10.2 Å². The smallest absolute Gasteiger partial charge is 0.0465 e. The second-order valence-electron chi connectivity index (χ2n) is 6.71. The SMILES string of the molecule is CCC1(C)CN(Cc2ccc(Cl)cc2Cl)C(C)(CC)CN1. The van der Waals surface area contributed by atoms with Gasteiger partial charge in [-0.1, -0.05) is 43.1 Å². The van der Waals surface area contributed by atoms with Gasteiger partial charge >= 0.3 is 0 Å². The summed E-state index contributed by atoms with van der Waals surface area (Å²) in [6.45, 7) is 12.1. The summed E-state index contributed by atoms with van der Waals surface area (Å²) in [5, 5.41) is 5.19. The summed E-state index contributed by atoms with van der Waals surface area (Å²) in [4.78, 5) is 2.57.